The molecule has 0 radical (unpaired) electrons. The molecule has 0 aromatic heterocycles. The number of carbonyl (C=O) groups is 1. The summed E-state index contributed by atoms with van der Waals surface area (Å²) in [7, 11) is 0. The van der Waals surface area contributed by atoms with Crippen LogP contribution in [0.2, 0.25) is 0 Å². The van der Waals surface area contributed by atoms with Crippen molar-refractivity contribution in [3.8, 4) is 0 Å². The molecule has 2 aromatic rings. The number of amides is 1. The molecule has 0 bridgehead atoms. The van der Waals surface area contributed by atoms with E-state index in [1.54, 1.807) is 6.07 Å². The quantitative estimate of drug-likeness (QED) is 0.843. The van der Waals surface area contributed by atoms with Crippen molar-refractivity contribution in [3.05, 3.63) is 64.7 Å². The van der Waals surface area contributed by atoms with E-state index in [-0.39, 0.29) is 5.91 Å². The molecule has 3 heteroatoms. The van der Waals surface area contributed by atoms with Crippen molar-refractivity contribution in [3.63, 3.8) is 0 Å². The lowest BCUT2D eigenvalue weighted by Crippen LogP contribution is -2.12. The van der Waals surface area contributed by atoms with Crippen molar-refractivity contribution in [2.45, 2.75) is 25.1 Å². The second-order valence-corrected chi connectivity index (χ2v) is 5.39. The van der Waals surface area contributed by atoms with Gasteiger partial charge in [-0.1, -0.05) is 18.2 Å². The molecule has 0 unspecified atom stereocenters. The van der Waals surface area contributed by atoms with Crippen molar-refractivity contribution in [1.82, 2.24) is 0 Å². The van der Waals surface area contributed by atoms with Crippen molar-refractivity contribution >= 4 is 23.2 Å². The second-order valence-electron chi connectivity index (χ2n) is 5.13. The first kappa shape index (κ1) is 13.2. The monoisotopic (exact) mass is 285 g/mol. The lowest BCUT2D eigenvalue weighted by Gasteiger charge is -2.08. The average molecular weight is 286 g/mol. The maximum Gasteiger partial charge on any atom is 0.255 e. The number of halogens is 1. The summed E-state index contributed by atoms with van der Waals surface area (Å²) in [5, 5.41) is 2.96. The zero-order valence-corrected chi connectivity index (χ0v) is 11.9. The Morgan fingerprint density at radius 3 is 2.80 bits per heavy atom. The largest absolute Gasteiger partial charge is 0.322 e. The minimum atomic E-state index is -0.0880. The van der Waals surface area contributed by atoms with E-state index in [2.05, 4.69) is 17.4 Å². The van der Waals surface area contributed by atoms with Crippen LogP contribution in [0.25, 0.3) is 0 Å². The van der Waals surface area contributed by atoms with Crippen molar-refractivity contribution in [1.29, 1.82) is 0 Å². The van der Waals surface area contributed by atoms with E-state index in [0.717, 1.165) is 24.1 Å². The molecule has 0 aliphatic heterocycles. The first-order valence-electron chi connectivity index (χ1n) is 6.84. The average Bonchev–Trinajstić information content (AvgIpc) is 2.95. The van der Waals surface area contributed by atoms with E-state index in [1.807, 2.05) is 24.3 Å². The van der Waals surface area contributed by atoms with Gasteiger partial charge in [0, 0.05) is 17.1 Å². The van der Waals surface area contributed by atoms with Gasteiger partial charge in [0.05, 0.1) is 0 Å². The molecule has 1 N–H and O–H groups in total. The smallest absolute Gasteiger partial charge is 0.255 e. The van der Waals surface area contributed by atoms with Gasteiger partial charge in [0.25, 0.3) is 5.91 Å². The van der Waals surface area contributed by atoms with E-state index in [4.69, 9.17) is 11.6 Å². The molecule has 3 rings (SSSR count). The number of benzene rings is 2. The summed E-state index contributed by atoms with van der Waals surface area (Å²) in [6, 6.07) is 13.6. The maximum atomic E-state index is 12.2. The summed E-state index contributed by atoms with van der Waals surface area (Å²) >= 11 is 5.80. The number of rotatable bonds is 3. The normalized spacial score (nSPS) is 13.1. The van der Waals surface area contributed by atoms with Crippen molar-refractivity contribution in [2.75, 3.05) is 5.32 Å². The number of hydrogen-bond donors (Lipinski definition) is 1. The van der Waals surface area contributed by atoms with Crippen LogP contribution in [0.3, 0.4) is 0 Å². The lowest BCUT2D eigenvalue weighted by atomic mass is 10.1. The Bertz CT molecular complexity index is 651. The second kappa shape index (κ2) is 5.68. The molecule has 20 heavy (non-hydrogen) atoms. The van der Waals surface area contributed by atoms with Gasteiger partial charge in [-0.3, -0.25) is 4.79 Å². The predicted octanol–water partition coefficient (Wildman–Crippen LogP) is 4.17. The molecule has 1 amide bonds. The molecular formula is C17H16ClNO. The van der Waals surface area contributed by atoms with Gasteiger partial charge >= 0.3 is 0 Å². The Hall–Kier alpha value is -1.80. The van der Waals surface area contributed by atoms with Gasteiger partial charge in [-0.15, -0.1) is 11.6 Å². The molecule has 0 fully saturated rings. The highest BCUT2D eigenvalue weighted by Crippen LogP contribution is 2.25. The fraction of sp³-hybridized carbons (Fsp3) is 0.235. The van der Waals surface area contributed by atoms with Crippen LogP contribution in [0, 0.1) is 0 Å². The Kier molecular flexibility index (Phi) is 3.75. The van der Waals surface area contributed by atoms with Crippen molar-refractivity contribution in [2.24, 2.45) is 0 Å². The summed E-state index contributed by atoms with van der Waals surface area (Å²) in [5.74, 6) is 0.329. The van der Waals surface area contributed by atoms with Crippen LogP contribution >= 0.6 is 11.6 Å². The molecule has 1 aliphatic rings. The lowest BCUT2D eigenvalue weighted by molar-refractivity contribution is 0.102. The third-order valence-electron chi connectivity index (χ3n) is 3.70. The number of nitrogens with one attached hydrogen (secondary N) is 1. The van der Waals surface area contributed by atoms with Gasteiger partial charge in [-0.2, -0.15) is 0 Å². The number of hydrogen-bond acceptors (Lipinski definition) is 1. The Morgan fingerprint density at radius 1 is 1.10 bits per heavy atom. The number of aryl methyl sites for hydroxylation is 2. The Balaban J connectivity index is 1.78. The van der Waals surface area contributed by atoms with Crippen molar-refractivity contribution < 1.29 is 4.79 Å². The maximum absolute atomic E-state index is 12.2. The molecule has 2 aromatic carbocycles. The number of alkyl halides is 1. The summed E-state index contributed by atoms with van der Waals surface area (Å²) in [6.07, 6.45) is 3.48. The SMILES string of the molecule is O=C(Nc1ccc2c(c1)CCC2)c1cccc(CCl)c1. The molecule has 2 nitrogen and oxygen atoms in total. The van der Waals surface area contributed by atoms with Gasteiger partial charge in [0.15, 0.2) is 0 Å². The molecule has 1 aliphatic carbocycles. The third-order valence-corrected chi connectivity index (χ3v) is 4.01. The topological polar surface area (TPSA) is 29.1 Å². The summed E-state index contributed by atoms with van der Waals surface area (Å²) in [5.41, 5.74) is 5.23. The highest BCUT2D eigenvalue weighted by atomic mass is 35.5. The van der Waals surface area contributed by atoms with Gasteiger partial charge in [-0.25, -0.2) is 0 Å². The zero-order chi connectivity index (χ0) is 13.9. The first-order valence-corrected chi connectivity index (χ1v) is 7.38. The van der Waals surface area contributed by atoms with E-state index < -0.39 is 0 Å². The van der Waals surface area contributed by atoms with Crippen LogP contribution in [0.4, 0.5) is 5.69 Å². The van der Waals surface area contributed by atoms with Gasteiger partial charge in [0.1, 0.15) is 0 Å². The van der Waals surface area contributed by atoms with Gasteiger partial charge in [-0.05, 0) is 60.2 Å². The first-order chi connectivity index (χ1) is 9.76. The molecule has 0 saturated heterocycles. The fourth-order valence-electron chi connectivity index (χ4n) is 2.65. The summed E-state index contributed by atoms with van der Waals surface area (Å²) < 4.78 is 0. The number of fused-ring (bicyclic) bond motifs is 1. The minimum Gasteiger partial charge on any atom is -0.322 e. The molecule has 0 atom stereocenters. The van der Waals surface area contributed by atoms with E-state index in [0.29, 0.717) is 11.4 Å². The Labute approximate surface area is 123 Å². The summed E-state index contributed by atoms with van der Waals surface area (Å²) in [4.78, 5) is 12.2. The number of carbonyl (C=O) groups excluding carboxylic acids is 1. The third kappa shape index (κ3) is 2.70. The van der Waals surface area contributed by atoms with Crippen LogP contribution in [0.1, 0.15) is 33.5 Å². The van der Waals surface area contributed by atoms with Crippen LogP contribution in [-0.2, 0) is 18.7 Å². The summed E-state index contributed by atoms with van der Waals surface area (Å²) in [6.45, 7) is 0. The zero-order valence-electron chi connectivity index (χ0n) is 11.2. The van der Waals surface area contributed by atoms with Crippen LogP contribution < -0.4 is 5.32 Å². The van der Waals surface area contributed by atoms with Gasteiger partial charge < -0.3 is 5.32 Å². The van der Waals surface area contributed by atoms with Crippen LogP contribution in [0.5, 0.6) is 0 Å². The highest BCUT2D eigenvalue weighted by molar-refractivity contribution is 6.17. The predicted molar refractivity (Wildman–Crippen MR) is 82.4 cm³/mol. The van der Waals surface area contributed by atoms with E-state index >= 15 is 0 Å². The van der Waals surface area contributed by atoms with E-state index in [9.17, 15) is 4.79 Å². The molecular weight excluding hydrogens is 270 g/mol. The highest BCUT2D eigenvalue weighted by Gasteiger charge is 2.12. The number of anilines is 1. The minimum absolute atomic E-state index is 0.0880. The standard InChI is InChI=1S/C17H16ClNO/c18-11-12-3-1-6-15(9-12)17(20)19-16-8-7-13-4-2-5-14(13)10-16/h1,3,6-10H,2,4-5,11H2,(H,19,20). The fourth-order valence-corrected chi connectivity index (χ4v) is 2.81. The van der Waals surface area contributed by atoms with E-state index in [1.165, 1.54) is 17.5 Å². The molecule has 0 heterocycles. The Morgan fingerprint density at radius 2 is 1.95 bits per heavy atom. The molecule has 102 valence electrons. The van der Waals surface area contributed by atoms with Crippen LogP contribution in [-0.4, -0.2) is 5.91 Å². The van der Waals surface area contributed by atoms with Crippen LogP contribution in [0.15, 0.2) is 42.5 Å². The molecule has 0 saturated carbocycles. The molecule has 0 spiro atoms. The van der Waals surface area contributed by atoms with Gasteiger partial charge in [0.2, 0.25) is 0 Å².